The zero-order chi connectivity index (χ0) is 13.4. The fourth-order valence-electron chi connectivity index (χ4n) is 1.80. The fourth-order valence-corrected chi connectivity index (χ4v) is 1.80. The molecular weight excluding hydrogens is 230 g/mol. The number of hydrogen-bond acceptors (Lipinski definition) is 2. The molecule has 1 rings (SSSR count). The maximum atomic E-state index is 12.1. The van der Waals surface area contributed by atoms with E-state index in [2.05, 4.69) is 23.8 Å². The van der Waals surface area contributed by atoms with Gasteiger partial charge < -0.3 is 14.9 Å². The molecule has 18 heavy (non-hydrogen) atoms. The van der Waals surface area contributed by atoms with Crippen molar-refractivity contribution in [2.45, 2.75) is 46.0 Å². The number of hydrogen-bond donors (Lipinski definition) is 2. The normalized spacial score (nSPS) is 10.6. The molecule has 5 heteroatoms. The average Bonchev–Trinajstić information content (AvgIpc) is 2.75. The van der Waals surface area contributed by atoms with Crippen LogP contribution in [-0.4, -0.2) is 33.9 Å². The van der Waals surface area contributed by atoms with Gasteiger partial charge in [0, 0.05) is 25.0 Å². The maximum Gasteiger partial charge on any atom is 0.323 e. The summed E-state index contributed by atoms with van der Waals surface area (Å²) in [6.45, 7) is 5.85. The molecule has 102 valence electrons. The van der Waals surface area contributed by atoms with Crippen molar-refractivity contribution in [2.24, 2.45) is 0 Å². The Labute approximate surface area is 108 Å². The highest BCUT2D eigenvalue weighted by Crippen LogP contribution is 2.03. The van der Waals surface area contributed by atoms with Gasteiger partial charge in [-0.25, -0.2) is 4.79 Å². The highest BCUT2D eigenvalue weighted by Gasteiger charge is 2.13. The molecule has 1 amide bonds. The van der Waals surface area contributed by atoms with Crippen molar-refractivity contribution >= 4 is 5.91 Å². The Kier molecular flexibility index (Phi) is 6.25. The summed E-state index contributed by atoms with van der Waals surface area (Å²) in [5.74, 6) is 0.0900. The fraction of sp³-hybridized carbons (Fsp3) is 0.692. The van der Waals surface area contributed by atoms with Crippen molar-refractivity contribution in [3.8, 4) is 0 Å². The van der Waals surface area contributed by atoms with Gasteiger partial charge in [-0.3, -0.25) is 4.79 Å². The minimum atomic E-state index is -0.258. The molecular formula is C13H23N3O2. The van der Waals surface area contributed by atoms with Crippen LogP contribution in [0.1, 0.15) is 45.2 Å². The predicted molar refractivity (Wildman–Crippen MR) is 71.5 cm³/mol. The van der Waals surface area contributed by atoms with Crippen molar-refractivity contribution in [2.75, 3.05) is 13.1 Å². The third-order valence-electron chi connectivity index (χ3n) is 2.91. The van der Waals surface area contributed by atoms with E-state index in [1.165, 1.54) is 0 Å². The number of imidazole rings is 1. The molecule has 0 aliphatic rings. The topological polar surface area (TPSA) is 69.0 Å². The van der Waals surface area contributed by atoms with Crippen LogP contribution >= 0.6 is 0 Å². The highest BCUT2D eigenvalue weighted by molar-refractivity contribution is 5.78. The van der Waals surface area contributed by atoms with Gasteiger partial charge in [0.15, 0.2) is 0 Å². The lowest BCUT2D eigenvalue weighted by atomic mass is 10.2. The number of nitrogens with zero attached hydrogens (tertiary/aromatic N) is 1. The molecule has 1 aromatic heterocycles. The van der Waals surface area contributed by atoms with Gasteiger partial charge in [-0.05, 0) is 12.8 Å². The van der Waals surface area contributed by atoms with Crippen LogP contribution in [0.25, 0.3) is 0 Å². The molecule has 5 nitrogen and oxygen atoms in total. The molecule has 0 aromatic carbocycles. The number of nitrogens with one attached hydrogen (secondary N) is 2. The summed E-state index contributed by atoms with van der Waals surface area (Å²) in [6, 6.07) is 0. The van der Waals surface area contributed by atoms with Gasteiger partial charge >= 0.3 is 5.69 Å². The smallest absolute Gasteiger partial charge is 0.323 e. The van der Waals surface area contributed by atoms with Crippen LogP contribution in [0.2, 0.25) is 0 Å². The lowest BCUT2D eigenvalue weighted by Gasteiger charge is -2.22. The Hall–Kier alpha value is -1.52. The molecule has 0 aliphatic carbocycles. The van der Waals surface area contributed by atoms with E-state index in [9.17, 15) is 9.59 Å². The number of H-pyrrole nitrogens is 2. The van der Waals surface area contributed by atoms with Gasteiger partial charge in [0.2, 0.25) is 5.91 Å². The van der Waals surface area contributed by atoms with Crippen LogP contribution in [0.15, 0.2) is 11.0 Å². The van der Waals surface area contributed by atoms with Gasteiger partial charge in [-0.15, -0.1) is 0 Å². The van der Waals surface area contributed by atoms with E-state index >= 15 is 0 Å². The van der Waals surface area contributed by atoms with E-state index in [1.807, 2.05) is 4.90 Å². The van der Waals surface area contributed by atoms with Crippen LogP contribution in [0, 0.1) is 0 Å². The Morgan fingerprint density at radius 1 is 1.22 bits per heavy atom. The van der Waals surface area contributed by atoms with E-state index in [4.69, 9.17) is 0 Å². The number of aromatic nitrogens is 2. The zero-order valence-corrected chi connectivity index (χ0v) is 11.3. The van der Waals surface area contributed by atoms with E-state index in [0.29, 0.717) is 5.69 Å². The van der Waals surface area contributed by atoms with Crippen molar-refractivity contribution in [3.63, 3.8) is 0 Å². The standard InChI is InChI=1S/C13H23N3O2/c1-3-5-7-16(8-6-4-2)12(17)9-11-10-14-13(18)15-11/h10H,3-9H2,1-2H3,(H2,14,15,18). The molecule has 0 spiro atoms. The summed E-state index contributed by atoms with van der Waals surface area (Å²) in [5.41, 5.74) is 0.398. The molecule has 0 radical (unpaired) electrons. The van der Waals surface area contributed by atoms with Crippen LogP contribution in [-0.2, 0) is 11.2 Å². The monoisotopic (exact) mass is 253 g/mol. The minimum absolute atomic E-state index is 0.0900. The number of aromatic amines is 2. The first-order valence-electron chi connectivity index (χ1n) is 6.71. The van der Waals surface area contributed by atoms with Crippen LogP contribution in [0.3, 0.4) is 0 Å². The van der Waals surface area contributed by atoms with Gasteiger partial charge in [-0.1, -0.05) is 26.7 Å². The largest absolute Gasteiger partial charge is 0.342 e. The second-order valence-corrected chi connectivity index (χ2v) is 4.53. The third kappa shape index (κ3) is 4.77. The molecule has 1 heterocycles. The summed E-state index contributed by atoms with van der Waals surface area (Å²) < 4.78 is 0. The maximum absolute atomic E-state index is 12.1. The minimum Gasteiger partial charge on any atom is -0.342 e. The summed E-state index contributed by atoms with van der Waals surface area (Å²) >= 11 is 0. The first-order valence-corrected chi connectivity index (χ1v) is 6.71. The third-order valence-corrected chi connectivity index (χ3v) is 2.91. The van der Waals surface area contributed by atoms with Crippen molar-refractivity contribution in [1.82, 2.24) is 14.9 Å². The number of carbonyl (C=O) groups excluding carboxylic acids is 1. The van der Waals surface area contributed by atoms with Crippen molar-refractivity contribution in [1.29, 1.82) is 0 Å². The van der Waals surface area contributed by atoms with Gasteiger partial charge in [-0.2, -0.15) is 0 Å². The zero-order valence-electron chi connectivity index (χ0n) is 11.3. The molecule has 0 saturated carbocycles. The van der Waals surface area contributed by atoms with Gasteiger partial charge in [0.25, 0.3) is 0 Å². The van der Waals surface area contributed by atoms with Gasteiger partial charge in [0.05, 0.1) is 6.42 Å². The molecule has 2 N–H and O–H groups in total. The van der Waals surface area contributed by atoms with E-state index in [-0.39, 0.29) is 18.0 Å². The molecule has 0 unspecified atom stereocenters. The Morgan fingerprint density at radius 2 is 1.83 bits per heavy atom. The van der Waals surface area contributed by atoms with E-state index < -0.39 is 0 Å². The quantitative estimate of drug-likeness (QED) is 0.740. The Morgan fingerprint density at radius 3 is 2.28 bits per heavy atom. The van der Waals surface area contributed by atoms with Gasteiger partial charge in [0.1, 0.15) is 0 Å². The number of unbranched alkanes of at least 4 members (excludes halogenated alkanes) is 2. The average molecular weight is 253 g/mol. The second kappa shape index (κ2) is 7.74. The molecule has 0 bridgehead atoms. The molecule has 0 saturated heterocycles. The van der Waals surface area contributed by atoms with E-state index in [1.54, 1.807) is 6.20 Å². The van der Waals surface area contributed by atoms with Crippen molar-refractivity contribution < 1.29 is 4.79 Å². The lowest BCUT2D eigenvalue weighted by Crippen LogP contribution is -2.34. The first kappa shape index (κ1) is 14.5. The summed E-state index contributed by atoms with van der Waals surface area (Å²) in [4.78, 5) is 30.1. The summed E-state index contributed by atoms with van der Waals surface area (Å²) in [5, 5.41) is 0. The molecule has 1 aromatic rings. The second-order valence-electron chi connectivity index (χ2n) is 4.53. The summed E-state index contributed by atoms with van der Waals surface area (Å²) in [6.07, 6.45) is 6.05. The lowest BCUT2D eigenvalue weighted by molar-refractivity contribution is -0.130. The highest BCUT2D eigenvalue weighted by atomic mass is 16.2. The summed E-state index contributed by atoms with van der Waals surface area (Å²) in [7, 11) is 0. The molecule has 0 fully saturated rings. The predicted octanol–water partition coefficient (Wildman–Crippen LogP) is 1.67. The Bertz CT molecular complexity index is 400. The van der Waals surface area contributed by atoms with Crippen molar-refractivity contribution in [3.05, 3.63) is 22.4 Å². The van der Waals surface area contributed by atoms with Crippen LogP contribution in [0.4, 0.5) is 0 Å². The number of rotatable bonds is 8. The van der Waals surface area contributed by atoms with Crippen LogP contribution < -0.4 is 5.69 Å². The molecule has 0 atom stereocenters. The first-order chi connectivity index (χ1) is 8.67. The Balaban J connectivity index is 2.54. The van der Waals surface area contributed by atoms with Crippen LogP contribution in [0.5, 0.6) is 0 Å². The number of carbonyl (C=O) groups is 1. The van der Waals surface area contributed by atoms with E-state index in [0.717, 1.165) is 38.8 Å². The molecule has 0 aliphatic heterocycles. The SMILES string of the molecule is CCCCN(CCCC)C(=O)Cc1c[nH]c(=O)[nH]1. The number of amides is 1.